The zero-order chi connectivity index (χ0) is 14.3. The first-order valence-electron chi connectivity index (χ1n) is 7.83. The molecule has 5 nitrogen and oxygen atoms in total. The molecule has 1 heterocycles. The number of fused-ring (bicyclic) bond motifs is 2. The minimum Gasteiger partial charge on any atom is -0.481 e. The summed E-state index contributed by atoms with van der Waals surface area (Å²) in [4.78, 5) is 25.0. The van der Waals surface area contributed by atoms with Gasteiger partial charge < -0.3 is 15.3 Å². The fourth-order valence-electron chi connectivity index (χ4n) is 4.50. The standard InChI is InChI=1S/C15H24N2O3/c1-9-13(14(18)19)4-5-17(9)15(20)16-8-12-7-10-2-3-11(12)6-10/h9-13H,2-8H2,1H3,(H,16,20)(H,18,19). The molecule has 0 aromatic heterocycles. The molecule has 5 atom stereocenters. The molecule has 2 bridgehead atoms. The van der Waals surface area contributed by atoms with Gasteiger partial charge >= 0.3 is 12.0 Å². The van der Waals surface area contributed by atoms with Gasteiger partial charge in [0.25, 0.3) is 0 Å². The number of carbonyl (C=O) groups is 2. The topological polar surface area (TPSA) is 69.6 Å². The summed E-state index contributed by atoms with van der Waals surface area (Å²) >= 11 is 0. The second-order valence-electron chi connectivity index (χ2n) is 6.79. The van der Waals surface area contributed by atoms with E-state index in [0.29, 0.717) is 18.9 Å². The van der Waals surface area contributed by atoms with Crippen LogP contribution in [0.15, 0.2) is 0 Å². The highest BCUT2D eigenvalue weighted by molar-refractivity contribution is 5.78. The summed E-state index contributed by atoms with van der Waals surface area (Å²) in [5.41, 5.74) is 0. The Labute approximate surface area is 119 Å². The lowest BCUT2D eigenvalue weighted by atomic mass is 9.89. The Bertz CT molecular complexity index is 412. The number of urea groups is 1. The third kappa shape index (κ3) is 2.38. The van der Waals surface area contributed by atoms with Crippen LogP contribution < -0.4 is 5.32 Å². The van der Waals surface area contributed by atoms with Crippen LogP contribution in [-0.4, -0.2) is 41.1 Å². The highest BCUT2D eigenvalue weighted by Crippen LogP contribution is 2.47. The van der Waals surface area contributed by atoms with Gasteiger partial charge in [-0.15, -0.1) is 0 Å². The fourth-order valence-corrected chi connectivity index (χ4v) is 4.50. The molecule has 3 aliphatic rings. The number of nitrogens with one attached hydrogen (secondary N) is 1. The molecular weight excluding hydrogens is 256 g/mol. The molecule has 2 saturated carbocycles. The van der Waals surface area contributed by atoms with Crippen molar-refractivity contribution in [3.05, 3.63) is 0 Å². The predicted molar refractivity (Wildman–Crippen MR) is 74.2 cm³/mol. The van der Waals surface area contributed by atoms with Crippen molar-refractivity contribution >= 4 is 12.0 Å². The largest absolute Gasteiger partial charge is 0.481 e. The summed E-state index contributed by atoms with van der Waals surface area (Å²) in [6.07, 6.45) is 5.88. The van der Waals surface area contributed by atoms with Gasteiger partial charge in [-0.1, -0.05) is 6.42 Å². The summed E-state index contributed by atoms with van der Waals surface area (Å²) in [5, 5.41) is 12.1. The Morgan fingerprint density at radius 3 is 2.60 bits per heavy atom. The smallest absolute Gasteiger partial charge is 0.317 e. The van der Waals surface area contributed by atoms with Crippen LogP contribution in [0.1, 0.15) is 39.0 Å². The van der Waals surface area contributed by atoms with Crippen LogP contribution in [0.5, 0.6) is 0 Å². The van der Waals surface area contributed by atoms with E-state index in [9.17, 15) is 9.59 Å². The Morgan fingerprint density at radius 2 is 2.05 bits per heavy atom. The summed E-state index contributed by atoms with van der Waals surface area (Å²) in [7, 11) is 0. The number of rotatable bonds is 3. The van der Waals surface area contributed by atoms with Crippen molar-refractivity contribution < 1.29 is 14.7 Å². The van der Waals surface area contributed by atoms with Crippen LogP contribution in [0.3, 0.4) is 0 Å². The highest BCUT2D eigenvalue weighted by atomic mass is 16.4. The highest BCUT2D eigenvalue weighted by Gasteiger charge is 2.41. The van der Waals surface area contributed by atoms with E-state index in [0.717, 1.165) is 18.4 Å². The first kappa shape index (κ1) is 13.7. The molecule has 3 rings (SSSR count). The molecule has 0 radical (unpaired) electrons. The van der Waals surface area contributed by atoms with Crippen molar-refractivity contribution in [3.63, 3.8) is 0 Å². The maximum atomic E-state index is 12.2. The summed E-state index contributed by atoms with van der Waals surface area (Å²) in [6.45, 7) is 3.16. The first-order valence-corrected chi connectivity index (χ1v) is 7.83. The number of aliphatic carboxylic acids is 1. The molecule has 112 valence electrons. The van der Waals surface area contributed by atoms with Crippen LogP contribution in [0.25, 0.3) is 0 Å². The molecule has 0 spiro atoms. The summed E-state index contributed by atoms with van der Waals surface area (Å²) in [6, 6.07) is -0.281. The van der Waals surface area contributed by atoms with E-state index in [1.54, 1.807) is 4.90 Å². The Hall–Kier alpha value is -1.26. The van der Waals surface area contributed by atoms with Crippen molar-refractivity contribution in [2.24, 2.45) is 23.7 Å². The van der Waals surface area contributed by atoms with Crippen molar-refractivity contribution in [1.29, 1.82) is 0 Å². The molecule has 3 fully saturated rings. The molecule has 20 heavy (non-hydrogen) atoms. The first-order chi connectivity index (χ1) is 9.56. The average Bonchev–Trinajstić information content (AvgIpc) is 3.10. The zero-order valence-electron chi connectivity index (χ0n) is 12.0. The molecule has 0 aromatic carbocycles. The van der Waals surface area contributed by atoms with E-state index in [1.807, 2.05) is 6.92 Å². The molecule has 2 amide bonds. The van der Waals surface area contributed by atoms with E-state index in [4.69, 9.17) is 5.11 Å². The second kappa shape index (κ2) is 5.26. The SMILES string of the molecule is CC1C(C(=O)O)CCN1C(=O)NCC1CC2CCC1C2. The van der Waals surface area contributed by atoms with E-state index in [-0.39, 0.29) is 12.1 Å². The van der Waals surface area contributed by atoms with Gasteiger partial charge in [0, 0.05) is 19.1 Å². The normalized spacial score (nSPS) is 39.2. The molecule has 2 N–H and O–H groups in total. The van der Waals surface area contributed by atoms with Gasteiger partial charge in [0.15, 0.2) is 0 Å². The quantitative estimate of drug-likeness (QED) is 0.830. The molecule has 1 aliphatic heterocycles. The second-order valence-corrected chi connectivity index (χ2v) is 6.79. The van der Waals surface area contributed by atoms with Crippen LogP contribution in [-0.2, 0) is 4.79 Å². The number of carboxylic acids is 1. The molecular formula is C15H24N2O3. The molecule has 0 aromatic rings. The van der Waals surface area contributed by atoms with Crippen LogP contribution in [0.2, 0.25) is 0 Å². The van der Waals surface area contributed by atoms with Crippen LogP contribution >= 0.6 is 0 Å². The minimum atomic E-state index is -0.791. The minimum absolute atomic E-state index is 0.0796. The van der Waals surface area contributed by atoms with Gasteiger partial charge in [-0.05, 0) is 50.4 Å². The third-order valence-corrected chi connectivity index (χ3v) is 5.73. The number of nitrogens with zero attached hydrogens (tertiary/aromatic N) is 1. The van der Waals surface area contributed by atoms with Gasteiger partial charge in [-0.3, -0.25) is 4.79 Å². The maximum absolute atomic E-state index is 12.2. The lowest BCUT2D eigenvalue weighted by Gasteiger charge is -2.26. The maximum Gasteiger partial charge on any atom is 0.317 e. The van der Waals surface area contributed by atoms with Gasteiger partial charge in [0.1, 0.15) is 0 Å². The molecule has 5 heteroatoms. The van der Waals surface area contributed by atoms with Crippen LogP contribution in [0.4, 0.5) is 4.79 Å². The number of likely N-dealkylation sites (tertiary alicyclic amines) is 1. The summed E-state index contributed by atoms with van der Waals surface area (Å²) in [5.74, 6) is 1.14. The van der Waals surface area contributed by atoms with Crippen molar-refractivity contribution in [2.75, 3.05) is 13.1 Å². The van der Waals surface area contributed by atoms with Crippen molar-refractivity contribution in [2.45, 2.75) is 45.1 Å². The number of carboxylic acid groups (broad SMARTS) is 1. The Kier molecular flexibility index (Phi) is 3.61. The van der Waals surface area contributed by atoms with Gasteiger partial charge in [0.05, 0.1) is 5.92 Å². The lowest BCUT2D eigenvalue weighted by molar-refractivity contribution is -0.142. The van der Waals surface area contributed by atoms with E-state index < -0.39 is 11.9 Å². The number of hydrogen-bond acceptors (Lipinski definition) is 2. The van der Waals surface area contributed by atoms with E-state index in [2.05, 4.69) is 5.32 Å². The number of hydrogen-bond donors (Lipinski definition) is 2. The molecule has 1 saturated heterocycles. The molecule has 5 unspecified atom stereocenters. The van der Waals surface area contributed by atoms with Gasteiger partial charge in [0.2, 0.25) is 0 Å². The van der Waals surface area contributed by atoms with Crippen LogP contribution in [0, 0.1) is 23.7 Å². The summed E-state index contributed by atoms with van der Waals surface area (Å²) < 4.78 is 0. The molecule has 2 aliphatic carbocycles. The van der Waals surface area contributed by atoms with Gasteiger partial charge in [-0.2, -0.15) is 0 Å². The monoisotopic (exact) mass is 280 g/mol. The van der Waals surface area contributed by atoms with E-state index in [1.165, 1.54) is 25.7 Å². The van der Waals surface area contributed by atoms with Gasteiger partial charge in [-0.25, -0.2) is 4.79 Å². The van der Waals surface area contributed by atoms with E-state index >= 15 is 0 Å². The lowest BCUT2D eigenvalue weighted by Crippen LogP contribution is -2.45. The zero-order valence-corrected chi connectivity index (χ0v) is 12.0. The number of carbonyl (C=O) groups excluding carboxylic acids is 1. The predicted octanol–water partition coefficient (Wildman–Crippen LogP) is 1.93. The Morgan fingerprint density at radius 1 is 1.25 bits per heavy atom. The number of amides is 2. The third-order valence-electron chi connectivity index (χ3n) is 5.73. The Balaban J connectivity index is 1.49. The fraction of sp³-hybridized carbons (Fsp3) is 0.867. The average molecular weight is 280 g/mol. The van der Waals surface area contributed by atoms with Crippen molar-refractivity contribution in [3.8, 4) is 0 Å². The van der Waals surface area contributed by atoms with Crippen molar-refractivity contribution in [1.82, 2.24) is 10.2 Å².